The molecule has 0 fully saturated rings. The van der Waals surface area contributed by atoms with Gasteiger partial charge in [-0.3, -0.25) is 0 Å². The van der Waals surface area contributed by atoms with E-state index >= 15 is 0 Å². The fourth-order valence-electron chi connectivity index (χ4n) is 2.00. The summed E-state index contributed by atoms with van der Waals surface area (Å²) in [5.41, 5.74) is 1.97. The van der Waals surface area contributed by atoms with Gasteiger partial charge in [-0.25, -0.2) is 9.97 Å². The van der Waals surface area contributed by atoms with Crippen LogP contribution >= 0.6 is 0 Å². The molecule has 0 radical (unpaired) electrons. The van der Waals surface area contributed by atoms with Gasteiger partial charge < -0.3 is 9.47 Å². The molecule has 1 heterocycles. The zero-order chi connectivity index (χ0) is 13.1. The second-order valence-electron chi connectivity index (χ2n) is 4.02. The molecule has 4 nitrogen and oxygen atoms in total. The fraction of sp³-hybridized carbons (Fsp3) is 0.429. The highest BCUT2D eigenvalue weighted by atomic mass is 16.5. The third kappa shape index (κ3) is 2.10. The quantitative estimate of drug-likeness (QED) is 0.832. The van der Waals surface area contributed by atoms with E-state index in [0.717, 1.165) is 35.3 Å². The van der Waals surface area contributed by atoms with Crippen molar-refractivity contribution in [3.8, 4) is 11.5 Å². The largest absolute Gasteiger partial charge is 0.493 e. The number of hydrogen-bond acceptors (Lipinski definition) is 4. The predicted molar refractivity (Wildman–Crippen MR) is 71.4 cm³/mol. The van der Waals surface area contributed by atoms with Gasteiger partial charge in [-0.15, -0.1) is 0 Å². The molecular formula is C14H18N2O2. The van der Waals surface area contributed by atoms with E-state index in [9.17, 15) is 0 Å². The van der Waals surface area contributed by atoms with Crippen LogP contribution in [0.15, 0.2) is 12.1 Å². The van der Waals surface area contributed by atoms with Gasteiger partial charge in [0.25, 0.3) is 0 Å². The molecule has 0 aliphatic carbocycles. The van der Waals surface area contributed by atoms with E-state index in [1.165, 1.54) is 0 Å². The summed E-state index contributed by atoms with van der Waals surface area (Å²) in [6.45, 7) is 4.15. The molecule has 0 spiro atoms. The third-order valence-corrected chi connectivity index (χ3v) is 2.98. The highest BCUT2D eigenvalue weighted by molar-refractivity contribution is 5.84. The molecule has 18 heavy (non-hydrogen) atoms. The second kappa shape index (κ2) is 5.21. The van der Waals surface area contributed by atoms with Gasteiger partial charge in [0.15, 0.2) is 11.5 Å². The molecule has 0 aliphatic heterocycles. The minimum absolute atomic E-state index is 0.702. The number of ether oxygens (including phenoxy) is 2. The lowest BCUT2D eigenvalue weighted by Crippen LogP contribution is -2.00. The molecule has 0 unspecified atom stereocenters. The number of benzene rings is 1. The fourth-order valence-corrected chi connectivity index (χ4v) is 2.00. The molecule has 0 atom stereocenters. The Morgan fingerprint density at radius 1 is 0.944 bits per heavy atom. The summed E-state index contributed by atoms with van der Waals surface area (Å²) >= 11 is 0. The normalized spacial score (nSPS) is 10.7. The molecule has 2 rings (SSSR count). The Balaban J connectivity index is 2.74. The van der Waals surface area contributed by atoms with Crippen LogP contribution in [0.1, 0.15) is 25.4 Å². The zero-order valence-electron chi connectivity index (χ0n) is 11.3. The predicted octanol–water partition coefficient (Wildman–Crippen LogP) is 2.77. The maximum Gasteiger partial charge on any atom is 0.162 e. The van der Waals surface area contributed by atoms with Gasteiger partial charge in [-0.05, 0) is 12.5 Å². The molecule has 1 aromatic carbocycles. The summed E-state index contributed by atoms with van der Waals surface area (Å²) in [6.07, 6.45) is 1.71. The van der Waals surface area contributed by atoms with Gasteiger partial charge in [0, 0.05) is 17.9 Å². The highest BCUT2D eigenvalue weighted by Crippen LogP contribution is 2.32. The summed E-state index contributed by atoms with van der Waals surface area (Å²) < 4.78 is 10.6. The van der Waals surface area contributed by atoms with Gasteiger partial charge in [-0.2, -0.15) is 0 Å². The molecule has 0 aliphatic rings. The maximum absolute atomic E-state index is 5.32. The van der Waals surface area contributed by atoms with Crippen LogP contribution in [0.3, 0.4) is 0 Å². The number of aromatic nitrogens is 2. The van der Waals surface area contributed by atoms with Gasteiger partial charge in [0.05, 0.1) is 25.4 Å². The Morgan fingerprint density at radius 2 is 1.61 bits per heavy atom. The minimum Gasteiger partial charge on any atom is -0.493 e. The average Bonchev–Trinajstić information content (AvgIpc) is 2.44. The van der Waals surface area contributed by atoms with Crippen LogP contribution in [-0.4, -0.2) is 24.2 Å². The van der Waals surface area contributed by atoms with Gasteiger partial charge >= 0.3 is 0 Å². The molecule has 1 aromatic heterocycles. The van der Waals surface area contributed by atoms with Crippen LogP contribution in [0.4, 0.5) is 0 Å². The van der Waals surface area contributed by atoms with E-state index in [2.05, 4.69) is 23.8 Å². The third-order valence-electron chi connectivity index (χ3n) is 2.98. The molecule has 0 amide bonds. The molecule has 0 bridgehead atoms. The number of aryl methyl sites for hydroxylation is 2. The van der Waals surface area contributed by atoms with Gasteiger partial charge in [0.2, 0.25) is 0 Å². The number of nitrogens with zero attached hydrogens (tertiary/aromatic N) is 2. The zero-order valence-corrected chi connectivity index (χ0v) is 11.3. The standard InChI is InChI=1S/C14H18N2O2/c1-5-10-9-7-12(17-3)13(18-4)8-11(9)16-14(6-2)15-10/h7-8H,5-6H2,1-4H3. The van der Waals surface area contributed by atoms with Crippen molar-refractivity contribution in [2.75, 3.05) is 14.2 Å². The van der Waals surface area contributed by atoms with E-state index in [1.54, 1.807) is 14.2 Å². The SMILES string of the molecule is CCc1nc(CC)c2cc(OC)c(OC)cc2n1. The maximum atomic E-state index is 5.32. The average molecular weight is 246 g/mol. The lowest BCUT2D eigenvalue weighted by molar-refractivity contribution is 0.355. The van der Waals surface area contributed by atoms with Crippen LogP contribution in [0.25, 0.3) is 10.9 Å². The van der Waals surface area contributed by atoms with Crippen molar-refractivity contribution in [2.24, 2.45) is 0 Å². The Bertz CT molecular complexity index is 567. The Labute approximate surface area is 107 Å². The van der Waals surface area contributed by atoms with E-state index in [1.807, 2.05) is 12.1 Å². The summed E-state index contributed by atoms with van der Waals surface area (Å²) in [7, 11) is 3.27. The first kappa shape index (κ1) is 12.6. The van der Waals surface area contributed by atoms with Crippen LogP contribution in [0, 0.1) is 0 Å². The van der Waals surface area contributed by atoms with Crippen molar-refractivity contribution >= 4 is 10.9 Å². The van der Waals surface area contributed by atoms with Crippen LogP contribution in [0.2, 0.25) is 0 Å². The van der Waals surface area contributed by atoms with Crippen molar-refractivity contribution in [3.05, 3.63) is 23.7 Å². The summed E-state index contributed by atoms with van der Waals surface area (Å²) in [5.74, 6) is 2.28. The Morgan fingerprint density at radius 3 is 2.17 bits per heavy atom. The van der Waals surface area contributed by atoms with Crippen molar-refractivity contribution < 1.29 is 9.47 Å². The number of methoxy groups -OCH3 is 2. The first-order valence-electron chi connectivity index (χ1n) is 6.15. The van der Waals surface area contributed by atoms with E-state index in [4.69, 9.17) is 9.47 Å². The number of rotatable bonds is 4. The smallest absolute Gasteiger partial charge is 0.162 e. The second-order valence-corrected chi connectivity index (χ2v) is 4.02. The van der Waals surface area contributed by atoms with Gasteiger partial charge in [0.1, 0.15) is 5.82 Å². The van der Waals surface area contributed by atoms with Crippen molar-refractivity contribution in [3.63, 3.8) is 0 Å². The molecular weight excluding hydrogens is 228 g/mol. The highest BCUT2D eigenvalue weighted by Gasteiger charge is 2.11. The molecule has 0 saturated carbocycles. The topological polar surface area (TPSA) is 44.2 Å². The first-order chi connectivity index (χ1) is 8.73. The summed E-state index contributed by atoms with van der Waals surface area (Å²) in [4.78, 5) is 9.10. The van der Waals surface area contributed by atoms with Crippen LogP contribution < -0.4 is 9.47 Å². The molecule has 96 valence electrons. The van der Waals surface area contributed by atoms with Crippen molar-refractivity contribution in [1.82, 2.24) is 9.97 Å². The lowest BCUT2D eigenvalue weighted by Gasteiger charge is -2.11. The van der Waals surface area contributed by atoms with Crippen molar-refractivity contribution in [1.29, 1.82) is 0 Å². The summed E-state index contributed by atoms with van der Waals surface area (Å²) in [6, 6.07) is 3.86. The van der Waals surface area contributed by atoms with E-state index < -0.39 is 0 Å². The Kier molecular flexibility index (Phi) is 3.65. The number of hydrogen-bond donors (Lipinski definition) is 0. The Hall–Kier alpha value is -1.84. The van der Waals surface area contributed by atoms with Crippen molar-refractivity contribution in [2.45, 2.75) is 26.7 Å². The lowest BCUT2D eigenvalue weighted by atomic mass is 10.1. The molecule has 0 N–H and O–H groups in total. The van der Waals surface area contributed by atoms with Gasteiger partial charge in [-0.1, -0.05) is 13.8 Å². The van der Waals surface area contributed by atoms with E-state index in [-0.39, 0.29) is 0 Å². The van der Waals surface area contributed by atoms with Crippen LogP contribution in [-0.2, 0) is 12.8 Å². The minimum atomic E-state index is 0.702. The molecule has 0 saturated heterocycles. The first-order valence-corrected chi connectivity index (χ1v) is 6.15. The number of fused-ring (bicyclic) bond motifs is 1. The van der Waals surface area contributed by atoms with E-state index in [0.29, 0.717) is 11.5 Å². The molecule has 4 heteroatoms. The molecule has 2 aromatic rings. The monoisotopic (exact) mass is 246 g/mol. The summed E-state index contributed by atoms with van der Waals surface area (Å²) in [5, 5.41) is 1.03. The van der Waals surface area contributed by atoms with Crippen LogP contribution in [0.5, 0.6) is 11.5 Å².